The van der Waals surface area contributed by atoms with Crippen molar-refractivity contribution in [1.82, 2.24) is 4.98 Å². The van der Waals surface area contributed by atoms with Gasteiger partial charge >= 0.3 is 0 Å². The lowest BCUT2D eigenvalue weighted by Crippen LogP contribution is -2.11. The summed E-state index contributed by atoms with van der Waals surface area (Å²) in [5.74, 6) is -0.197. The third kappa shape index (κ3) is 1.89. The molecule has 1 saturated carbocycles. The van der Waals surface area contributed by atoms with Crippen molar-refractivity contribution in [2.75, 3.05) is 11.9 Å². The summed E-state index contributed by atoms with van der Waals surface area (Å²) in [5, 5.41) is 4.24. The molecule has 1 heterocycles. The van der Waals surface area contributed by atoms with Crippen molar-refractivity contribution >= 4 is 26.7 Å². The number of rotatable bonds is 3. The topological polar surface area (TPSA) is 24.9 Å². The smallest absolute Gasteiger partial charge is 0.183 e. The third-order valence-corrected chi connectivity index (χ3v) is 4.10. The molecule has 1 N–H and O–H groups in total. The van der Waals surface area contributed by atoms with Crippen molar-refractivity contribution in [2.24, 2.45) is 5.41 Å². The van der Waals surface area contributed by atoms with Gasteiger partial charge < -0.3 is 5.32 Å². The molecule has 0 saturated heterocycles. The number of benzene rings is 1. The number of anilines is 1. The fourth-order valence-electron chi connectivity index (χ4n) is 1.65. The van der Waals surface area contributed by atoms with Gasteiger partial charge in [0, 0.05) is 6.54 Å². The highest BCUT2D eigenvalue weighted by Gasteiger charge is 2.36. The lowest BCUT2D eigenvalue weighted by molar-refractivity contribution is 0.610. The van der Waals surface area contributed by atoms with Crippen molar-refractivity contribution in [3.8, 4) is 0 Å². The minimum absolute atomic E-state index is 0.197. The first-order valence-corrected chi connectivity index (χ1v) is 6.26. The molecule has 2 nitrogen and oxygen atoms in total. The zero-order chi connectivity index (χ0) is 11.2. The molecule has 0 aliphatic heterocycles. The average molecular weight is 236 g/mol. The second kappa shape index (κ2) is 3.42. The van der Waals surface area contributed by atoms with Crippen LogP contribution in [0.15, 0.2) is 18.2 Å². The van der Waals surface area contributed by atoms with Gasteiger partial charge in [0.2, 0.25) is 0 Å². The summed E-state index contributed by atoms with van der Waals surface area (Å²) in [4.78, 5) is 4.43. The predicted molar refractivity (Wildman–Crippen MR) is 65.4 cm³/mol. The maximum atomic E-state index is 13.0. The fourth-order valence-corrected chi connectivity index (χ4v) is 2.54. The number of hydrogen-bond donors (Lipinski definition) is 1. The Labute approximate surface area is 97.5 Å². The van der Waals surface area contributed by atoms with Crippen LogP contribution in [0.5, 0.6) is 0 Å². The minimum Gasteiger partial charge on any atom is -0.361 e. The summed E-state index contributed by atoms with van der Waals surface area (Å²) in [5.41, 5.74) is 1.33. The molecular weight excluding hydrogens is 223 g/mol. The Balaban J connectivity index is 1.82. The Morgan fingerprint density at radius 2 is 2.31 bits per heavy atom. The summed E-state index contributed by atoms with van der Waals surface area (Å²) in [6.45, 7) is 3.24. The lowest BCUT2D eigenvalue weighted by atomic mass is 10.1. The van der Waals surface area contributed by atoms with Crippen molar-refractivity contribution in [2.45, 2.75) is 19.8 Å². The zero-order valence-electron chi connectivity index (χ0n) is 9.09. The normalized spacial score (nSPS) is 17.6. The van der Waals surface area contributed by atoms with E-state index in [-0.39, 0.29) is 5.82 Å². The van der Waals surface area contributed by atoms with E-state index in [4.69, 9.17) is 0 Å². The summed E-state index contributed by atoms with van der Waals surface area (Å²) >= 11 is 1.52. The SMILES string of the molecule is CC1(CNc2nc3ccc(F)cc3s2)CC1. The summed E-state index contributed by atoms with van der Waals surface area (Å²) < 4.78 is 13.9. The van der Waals surface area contributed by atoms with Gasteiger partial charge in [-0.3, -0.25) is 0 Å². The van der Waals surface area contributed by atoms with Gasteiger partial charge in [0.15, 0.2) is 5.13 Å². The van der Waals surface area contributed by atoms with Crippen LogP contribution in [0.25, 0.3) is 10.2 Å². The zero-order valence-corrected chi connectivity index (χ0v) is 9.90. The van der Waals surface area contributed by atoms with E-state index in [2.05, 4.69) is 17.2 Å². The number of halogens is 1. The van der Waals surface area contributed by atoms with E-state index in [0.29, 0.717) is 5.41 Å². The number of fused-ring (bicyclic) bond motifs is 1. The second-order valence-corrected chi connectivity index (χ2v) is 5.83. The summed E-state index contributed by atoms with van der Waals surface area (Å²) in [7, 11) is 0. The molecule has 0 amide bonds. The number of hydrogen-bond acceptors (Lipinski definition) is 3. The molecule has 3 rings (SSSR count). The van der Waals surface area contributed by atoms with Crippen molar-refractivity contribution in [1.29, 1.82) is 0 Å². The highest BCUT2D eigenvalue weighted by molar-refractivity contribution is 7.22. The Kier molecular flexibility index (Phi) is 2.14. The summed E-state index contributed by atoms with van der Waals surface area (Å²) in [6.07, 6.45) is 2.58. The number of nitrogens with zero attached hydrogens (tertiary/aromatic N) is 1. The first kappa shape index (κ1) is 10.0. The quantitative estimate of drug-likeness (QED) is 0.880. The first-order chi connectivity index (χ1) is 7.65. The van der Waals surface area contributed by atoms with Gasteiger partial charge in [0.1, 0.15) is 5.82 Å². The largest absolute Gasteiger partial charge is 0.361 e. The van der Waals surface area contributed by atoms with Gasteiger partial charge in [-0.1, -0.05) is 18.3 Å². The highest BCUT2D eigenvalue weighted by Crippen LogP contribution is 2.45. The molecule has 1 aliphatic rings. The van der Waals surface area contributed by atoms with Crippen LogP contribution in [0.4, 0.5) is 9.52 Å². The molecule has 0 bridgehead atoms. The molecule has 84 valence electrons. The number of thiazole rings is 1. The van der Waals surface area contributed by atoms with Crippen LogP contribution < -0.4 is 5.32 Å². The molecule has 0 atom stereocenters. The van der Waals surface area contributed by atoms with Gasteiger partial charge in [-0.05, 0) is 36.5 Å². The molecule has 2 aromatic rings. The van der Waals surface area contributed by atoms with Crippen molar-refractivity contribution < 1.29 is 4.39 Å². The monoisotopic (exact) mass is 236 g/mol. The molecule has 0 unspecified atom stereocenters. The van der Waals surface area contributed by atoms with Crippen LogP contribution in [0.1, 0.15) is 19.8 Å². The van der Waals surface area contributed by atoms with Gasteiger partial charge in [0.05, 0.1) is 10.2 Å². The van der Waals surface area contributed by atoms with E-state index in [1.165, 1.54) is 36.3 Å². The van der Waals surface area contributed by atoms with Crippen LogP contribution in [0.3, 0.4) is 0 Å². The van der Waals surface area contributed by atoms with Crippen molar-refractivity contribution in [3.05, 3.63) is 24.0 Å². The Morgan fingerprint density at radius 1 is 1.50 bits per heavy atom. The highest BCUT2D eigenvalue weighted by atomic mass is 32.1. The Morgan fingerprint density at radius 3 is 3.06 bits per heavy atom. The van der Waals surface area contributed by atoms with Gasteiger partial charge in [-0.15, -0.1) is 0 Å². The van der Waals surface area contributed by atoms with E-state index in [1.54, 1.807) is 6.07 Å². The van der Waals surface area contributed by atoms with Crippen LogP contribution in [0.2, 0.25) is 0 Å². The number of aromatic nitrogens is 1. The van der Waals surface area contributed by atoms with Crippen molar-refractivity contribution in [3.63, 3.8) is 0 Å². The van der Waals surface area contributed by atoms with Crippen LogP contribution in [-0.2, 0) is 0 Å². The molecular formula is C12H13FN2S. The molecule has 1 fully saturated rings. The van der Waals surface area contributed by atoms with E-state index >= 15 is 0 Å². The van der Waals surface area contributed by atoms with Crippen LogP contribution in [0, 0.1) is 11.2 Å². The van der Waals surface area contributed by atoms with Gasteiger partial charge in [0.25, 0.3) is 0 Å². The van der Waals surface area contributed by atoms with E-state index in [9.17, 15) is 4.39 Å². The standard InChI is InChI=1S/C12H13FN2S/c1-12(4-5-12)7-14-11-15-9-3-2-8(13)6-10(9)16-11/h2-3,6H,4-5,7H2,1H3,(H,14,15). The molecule has 16 heavy (non-hydrogen) atoms. The predicted octanol–water partition coefficient (Wildman–Crippen LogP) is 3.65. The first-order valence-electron chi connectivity index (χ1n) is 5.45. The van der Waals surface area contributed by atoms with E-state index in [1.807, 2.05) is 0 Å². The molecule has 1 aromatic carbocycles. The van der Waals surface area contributed by atoms with Gasteiger partial charge in [-0.25, -0.2) is 9.37 Å². The van der Waals surface area contributed by atoms with Gasteiger partial charge in [-0.2, -0.15) is 0 Å². The molecule has 1 aromatic heterocycles. The van der Waals surface area contributed by atoms with Crippen LogP contribution >= 0.6 is 11.3 Å². The third-order valence-electron chi connectivity index (χ3n) is 3.12. The molecule has 4 heteroatoms. The lowest BCUT2D eigenvalue weighted by Gasteiger charge is -2.07. The molecule has 1 aliphatic carbocycles. The Hall–Kier alpha value is -1.16. The summed E-state index contributed by atoms with van der Waals surface area (Å²) in [6, 6.07) is 4.72. The van der Waals surface area contributed by atoms with Crippen LogP contribution in [-0.4, -0.2) is 11.5 Å². The van der Waals surface area contributed by atoms with E-state index in [0.717, 1.165) is 21.9 Å². The fraction of sp³-hybridized carbons (Fsp3) is 0.417. The average Bonchev–Trinajstić information content (AvgIpc) is 2.85. The second-order valence-electron chi connectivity index (χ2n) is 4.80. The maximum absolute atomic E-state index is 13.0. The minimum atomic E-state index is -0.197. The Bertz CT molecular complexity index is 531. The van der Waals surface area contributed by atoms with E-state index < -0.39 is 0 Å². The maximum Gasteiger partial charge on any atom is 0.183 e. The molecule has 0 radical (unpaired) electrons. The molecule has 0 spiro atoms. The number of nitrogens with one attached hydrogen (secondary N) is 1.